The SMILES string of the molecule is Cc1ccc(C2=C(SCc3ccco3)C(=O)N(Cc3ccccc3)C2=O)cc1. The maximum absolute atomic E-state index is 13.2. The Morgan fingerprint density at radius 3 is 2.32 bits per heavy atom. The Morgan fingerprint density at radius 2 is 1.64 bits per heavy atom. The summed E-state index contributed by atoms with van der Waals surface area (Å²) >= 11 is 1.35. The molecule has 5 heteroatoms. The Kier molecular flexibility index (Phi) is 5.17. The number of furan rings is 1. The van der Waals surface area contributed by atoms with Gasteiger partial charge in [-0.3, -0.25) is 14.5 Å². The zero-order chi connectivity index (χ0) is 19.5. The molecule has 2 aromatic carbocycles. The van der Waals surface area contributed by atoms with Gasteiger partial charge in [-0.15, -0.1) is 11.8 Å². The lowest BCUT2D eigenvalue weighted by atomic mass is 10.0. The van der Waals surface area contributed by atoms with Gasteiger partial charge in [0.1, 0.15) is 5.76 Å². The first kappa shape index (κ1) is 18.3. The van der Waals surface area contributed by atoms with Crippen molar-refractivity contribution in [3.63, 3.8) is 0 Å². The molecule has 0 saturated carbocycles. The third-order valence-corrected chi connectivity index (χ3v) is 5.68. The van der Waals surface area contributed by atoms with Gasteiger partial charge >= 0.3 is 0 Å². The number of hydrogen-bond donors (Lipinski definition) is 0. The van der Waals surface area contributed by atoms with E-state index in [4.69, 9.17) is 4.42 Å². The molecule has 2 heterocycles. The molecule has 0 N–H and O–H groups in total. The lowest BCUT2D eigenvalue weighted by Crippen LogP contribution is -2.30. The first-order valence-corrected chi connectivity index (χ1v) is 9.98. The Labute approximate surface area is 167 Å². The molecule has 1 aromatic heterocycles. The molecule has 2 amide bonds. The predicted octanol–water partition coefficient (Wildman–Crippen LogP) is 4.80. The fourth-order valence-corrected chi connectivity index (χ4v) is 4.14. The number of amides is 2. The maximum atomic E-state index is 13.2. The quantitative estimate of drug-likeness (QED) is 0.568. The van der Waals surface area contributed by atoms with Crippen molar-refractivity contribution in [3.8, 4) is 0 Å². The minimum atomic E-state index is -0.250. The van der Waals surface area contributed by atoms with Crippen molar-refractivity contribution in [2.75, 3.05) is 0 Å². The van der Waals surface area contributed by atoms with E-state index in [-0.39, 0.29) is 18.4 Å². The van der Waals surface area contributed by atoms with Gasteiger partial charge in [-0.1, -0.05) is 60.2 Å². The van der Waals surface area contributed by atoms with E-state index in [1.807, 2.05) is 73.7 Å². The molecule has 140 valence electrons. The molecular weight excluding hydrogens is 370 g/mol. The van der Waals surface area contributed by atoms with Crippen molar-refractivity contribution in [1.29, 1.82) is 0 Å². The highest BCUT2D eigenvalue weighted by atomic mass is 32.2. The number of carbonyl (C=O) groups excluding carboxylic acids is 2. The van der Waals surface area contributed by atoms with Crippen LogP contribution in [0.4, 0.5) is 0 Å². The lowest BCUT2D eigenvalue weighted by molar-refractivity contribution is -0.137. The second-order valence-corrected chi connectivity index (χ2v) is 7.61. The molecule has 0 radical (unpaired) electrons. The Bertz CT molecular complexity index is 1020. The largest absolute Gasteiger partial charge is 0.468 e. The third-order valence-electron chi connectivity index (χ3n) is 4.59. The zero-order valence-corrected chi connectivity index (χ0v) is 16.2. The molecule has 1 aliphatic heterocycles. The van der Waals surface area contributed by atoms with Crippen molar-refractivity contribution in [2.45, 2.75) is 19.2 Å². The molecule has 0 bridgehead atoms. The minimum absolute atomic E-state index is 0.249. The van der Waals surface area contributed by atoms with Crippen LogP contribution in [-0.2, 0) is 21.9 Å². The number of carbonyl (C=O) groups is 2. The van der Waals surface area contributed by atoms with Crippen molar-refractivity contribution in [2.24, 2.45) is 0 Å². The second-order valence-electron chi connectivity index (χ2n) is 6.62. The first-order valence-electron chi connectivity index (χ1n) is 9.00. The van der Waals surface area contributed by atoms with E-state index in [9.17, 15) is 9.59 Å². The monoisotopic (exact) mass is 389 g/mol. The molecule has 1 aliphatic rings. The molecule has 0 atom stereocenters. The van der Waals surface area contributed by atoms with E-state index in [0.717, 1.165) is 22.5 Å². The minimum Gasteiger partial charge on any atom is -0.468 e. The van der Waals surface area contributed by atoms with E-state index >= 15 is 0 Å². The molecule has 0 aliphatic carbocycles. The van der Waals surface area contributed by atoms with Crippen LogP contribution in [-0.4, -0.2) is 16.7 Å². The van der Waals surface area contributed by atoms with Crippen LogP contribution in [0, 0.1) is 6.92 Å². The topological polar surface area (TPSA) is 50.5 Å². The van der Waals surface area contributed by atoms with Crippen molar-refractivity contribution in [1.82, 2.24) is 4.90 Å². The van der Waals surface area contributed by atoms with Gasteiger partial charge in [-0.25, -0.2) is 0 Å². The van der Waals surface area contributed by atoms with E-state index in [1.165, 1.54) is 16.7 Å². The summed E-state index contributed by atoms with van der Waals surface area (Å²) in [6, 6.07) is 20.9. The zero-order valence-electron chi connectivity index (χ0n) is 15.4. The number of rotatable bonds is 6. The van der Waals surface area contributed by atoms with Crippen LogP contribution < -0.4 is 0 Å². The van der Waals surface area contributed by atoms with Gasteiger partial charge < -0.3 is 4.42 Å². The Morgan fingerprint density at radius 1 is 0.893 bits per heavy atom. The van der Waals surface area contributed by atoms with E-state index in [1.54, 1.807) is 6.26 Å². The summed E-state index contributed by atoms with van der Waals surface area (Å²) in [5, 5.41) is 0. The fraction of sp³-hybridized carbons (Fsp3) is 0.130. The van der Waals surface area contributed by atoms with Crippen LogP contribution in [0.3, 0.4) is 0 Å². The number of imide groups is 1. The molecule has 0 saturated heterocycles. The molecule has 0 unspecified atom stereocenters. The molecule has 0 spiro atoms. The highest BCUT2D eigenvalue weighted by Gasteiger charge is 2.39. The highest BCUT2D eigenvalue weighted by molar-refractivity contribution is 8.03. The second kappa shape index (κ2) is 7.90. The number of thioether (sulfide) groups is 1. The van der Waals surface area contributed by atoms with Crippen LogP contribution in [0.2, 0.25) is 0 Å². The molecule has 3 aromatic rings. The Balaban J connectivity index is 1.67. The smallest absolute Gasteiger partial charge is 0.268 e. The van der Waals surface area contributed by atoms with Gasteiger partial charge in [0, 0.05) is 0 Å². The summed E-state index contributed by atoms with van der Waals surface area (Å²) in [7, 11) is 0. The molecule has 4 nitrogen and oxygen atoms in total. The summed E-state index contributed by atoms with van der Waals surface area (Å²) in [4.78, 5) is 28.1. The standard InChI is InChI=1S/C23H19NO3S/c1-16-9-11-18(12-10-16)20-21(28-15-19-8-5-13-27-19)23(26)24(22(20)25)14-17-6-3-2-4-7-17/h2-13H,14-15H2,1H3. The average molecular weight is 389 g/mol. The van der Waals surface area contributed by atoms with Crippen LogP contribution in [0.15, 0.2) is 82.3 Å². The Hall–Kier alpha value is -3.05. The predicted molar refractivity (Wildman–Crippen MR) is 110 cm³/mol. The van der Waals surface area contributed by atoms with Gasteiger partial charge in [0.05, 0.1) is 29.0 Å². The third kappa shape index (κ3) is 3.66. The van der Waals surface area contributed by atoms with Crippen LogP contribution in [0.5, 0.6) is 0 Å². The van der Waals surface area contributed by atoms with Crippen LogP contribution in [0.1, 0.15) is 22.5 Å². The summed E-state index contributed by atoms with van der Waals surface area (Å²) < 4.78 is 5.38. The van der Waals surface area contributed by atoms with Crippen molar-refractivity contribution in [3.05, 3.63) is 100 Å². The fourth-order valence-electron chi connectivity index (χ4n) is 3.11. The van der Waals surface area contributed by atoms with E-state index in [2.05, 4.69) is 0 Å². The average Bonchev–Trinajstić information content (AvgIpc) is 3.30. The van der Waals surface area contributed by atoms with Gasteiger partial charge in [0.2, 0.25) is 0 Å². The van der Waals surface area contributed by atoms with Gasteiger partial charge in [0.15, 0.2) is 0 Å². The van der Waals surface area contributed by atoms with E-state index in [0.29, 0.717) is 16.2 Å². The lowest BCUT2D eigenvalue weighted by Gasteiger charge is -2.15. The van der Waals surface area contributed by atoms with Gasteiger partial charge in [0.25, 0.3) is 11.8 Å². The number of hydrogen-bond acceptors (Lipinski definition) is 4. The summed E-state index contributed by atoms with van der Waals surface area (Å²) in [6.07, 6.45) is 1.61. The van der Waals surface area contributed by atoms with E-state index < -0.39 is 0 Å². The van der Waals surface area contributed by atoms with Crippen molar-refractivity contribution >= 4 is 29.1 Å². The normalized spacial score (nSPS) is 14.2. The summed E-state index contributed by atoms with van der Waals surface area (Å²) in [6.45, 7) is 2.26. The van der Waals surface area contributed by atoms with Crippen LogP contribution >= 0.6 is 11.8 Å². The number of benzene rings is 2. The maximum Gasteiger partial charge on any atom is 0.268 e. The first-order chi connectivity index (χ1) is 13.6. The highest BCUT2D eigenvalue weighted by Crippen LogP contribution is 2.38. The molecular formula is C23H19NO3S. The van der Waals surface area contributed by atoms with Crippen LogP contribution in [0.25, 0.3) is 5.57 Å². The molecule has 4 rings (SSSR count). The summed E-state index contributed by atoms with van der Waals surface area (Å²) in [5.74, 6) is 0.763. The summed E-state index contributed by atoms with van der Waals surface area (Å²) in [5.41, 5.74) is 3.26. The molecule has 28 heavy (non-hydrogen) atoms. The number of nitrogens with zero attached hydrogens (tertiary/aromatic N) is 1. The van der Waals surface area contributed by atoms with Gasteiger partial charge in [-0.2, -0.15) is 0 Å². The molecule has 0 fully saturated rings. The van der Waals surface area contributed by atoms with Gasteiger partial charge in [-0.05, 0) is 30.2 Å². The van der Waals surface area contributed by atoms with Crippen molar-refractivity contribution < 1.29 is 14.0 Å². The number of aryl methyl sites for hydroxylation is 1.